The molecule has 4 heterocycles. The lowest BCUT2D eigenvalue weighted by atomic mass is 9.95. The molecule has 9 heteroatoms. The minimum Gasteiger partial charge on any atom is -0.494 e. The molecule has 194 valence electrons. The zero-order valence-electron chi connectivity index (χ0n) is 21.8. The third-order valence-electron chi connectivity index (χ3n) is 6.50. The molecule has 3 aromatic heterocycles. The maximum absolute atomic E-state index is 12.7. The van der Waals surface area contributed by atoms with Gasteiger partial charge in [0.25, 0.3) is 0 Å². The van der Waals surface area contributed by atoms with Crippen LogP contribution >= 0.6 is 12.2 Å². The summed E-state index contributed by atoms with van der Waals surface area (Å²) in [6, 6.07) is 19.2. The van der Waals surface area contributed by atoms with Crippen LogP contribution in [0, 0.1) is 5.41 Å². The van der Waals surface area contributed by atoms with E-state index in [0.717, 1.165) is 22.8 Å². The van der Waals surface area contributed by atoms with Gasteiger partial charge in [0.15, 0.2) is 5.11 Å². The molecule has 2 unspecified atom stereocenters. The number of carbonyl (C=O) groups is 1. The van der Waals surface area contributed by atoms with Gasteiger partial charge in [-0.25, -0.2) is 0 Å². The summed E-state index contributed by atoms with van der Waals surface area (Å²) in [5, 5.41) is 7.05. The second-order valence-electron chi connectivity index (χ2n) is 10.1. The van der Waals surface area contributed by atoms with Gasteiger partial charge in [0, 0.05) is 41.5 Å². The number of pyridine rings is 2. The fraction of sp³-hybridized carbons (Fsp3) is 0.241. The minimum absolute atomic E-state index is 0.0932. The first-order valence-corrected chi connectivity index (χ1v) is 12.8. The van der Waals surface area contributed by atoms with E-state index in [1.165, 1.54) is 0 Å². The minimum atomic E-state index is -0.539. The number of amides is 1. The highest BCUT2D eigenvalue weighted by molar-refractivity contribution is 7.80. The molecule has 2 atom stereocenters. The SMILES string of the molecule is COc1cc(N2C(=S)NC(c3ccccn3)C2c2cccn2-c2cccnc2)ccc1NC(=O)C(C)(C)C. The number of ether oxygens (including phenoxy) is 1. The first kappa shape index (κ1) is 25.4. The second kappa shape index (κ2) is 10.3. The number of hydrogen-bond donors (Lipinski definition) is 2. The lowest BCUT2D eigenvalue weighted by Crippen LogP contribution is -2.30. The van der Waals surface area contributed by atoms with Crippen molar-refractivity contribution in [3.05, 3.63) is 96.8 Å². The van der Waals surface area contributed by atoms with Crippen molar-refractivity contribution >= 4 is 34.6 Å². The quantitative estimate of drug-likeness (QED) is 0.324. The number of anilines is 2. The Balaban J connectivity index is 1.60. The van der Waals surface area contributed by atoms with Gasteiger partial charge in [-0.3, -0.25) is 14.8 Å². The van der Waals surface area contributed by atoms with Gasteiger partial charge in [0.1, 0.15) is 11.8 Å². The molecule has 0 bridgehead atoms. The van der Waals surface area contributed by atoms with Crippen LogP contribution in [-0.2, 0) is 4.79 Å². The highest BCUT2D eigenvalue weighted by Gasteiger charge is 2.42. The van der Waals surface area contributed by atoms with Crippen molar-refractivity contribution in [2.75, 3.05) is 17.3 Å². The van der Waals surface area contributed by atoms with E-state index < -0.39 is 5.41 Å². The van der Waals surface area contributed by atoms with Crippen molar-refractivity contribution in [1.82, 2.24) is 19.9 Å². The molecule has 0 saturated carbocycles. The average molecular weight is 527 g/mol. The van der Waals surface area contributed by atoms with E-state index in [9.17, 15) is 4.79 Å². The number of nitrogens with one attached hydrogen (secondary N) is 2. The smallest absolute Gasteiger partial charge is 0.229 e. The molecule has 1 fully saturated rings. The third kappa shape index (κ3) is 4.84. The largest absolute Gasteiger partial charge is 0.494 e. The number of methoxy groups -OCH3 is 1. The number of aromatic nitrogens is 3. The fourth-order valence-electron chi connectivity index (χ4n) is 4.54. The van der Waals surface area contributed by atoms with Gasteiger partial charge in [-0.15, -0.1) is 0 Å². The van der Waals surface area contributed by atoms with E-state index in [1.807, 2.05) is 87.8 Å². The maximum atomic E-state index is 12.7. The summed E-state index contributed by atoms with van der Waals surface area (Å²) in [5.41, 5.74) is 3.74. The molecule has 1 aliphatic rings. The van der Waals surface area contributed by atoms with E-state index in [4.69, 9.17) is 17.0 Å². The number of thiocarbonyl (C=S) groups is 1. The van der Waals surface area contributed by atoms with Crippen molar-refractivity contribution in [3.63, 3.8) is 0 Å². The van der Waals surface area contributed by atoms with Gasteiger partial charge in [-0.2, -0.15) is 0 Å². The first-order chi connectivity index (χ1) is 18.3. The number of benzene rings is 1. The Hall–Kier alpha value is -4.24. The van der Waals surface area contributed by atoms with Crippen LogP contribution in [0.2, 0.25) is 0 Å². The molecule has 38 heavy (non-hydrogen) atoms. The van der Waals surface area contributed by atoms with Crippen molar-refractivity contribution in [3.8, 4) is 11.4 Å². The molecule has 4 aromatic rings. The van der Waals surface area contributed by atoms with Gasteiger partial charge < -0.3 is 24.8 Å². The van der Waals surface area contributed by atoms with Gasteiger partial charge >= 0.3 is 0 Å². The van der Waals surface area contributed by atoms with Crippen molar-refractivity contribution < 1.29 is 9.53 Å². The summed E-state index contributed by atoms with van der Waals surface area (Å²) in [4.78, 5) is 23.7. The molecule has 2 N–H and O–H groups in total. The normalized spacial score (nSPS) is 17.3. The third-order valence-corrected chi connectivity index (χ3v) is 6.81. The second-order valence-corrected chi connectivity index (χ2v) is 10.5. The summed E-state index contributed by atoms with van der Waals surface area (Å²) in [6.07, 6.45) is 7.40. The van der Waals surface area contributed by atoms with Crippen molar-refractivity contribution in [1.29, 1.82) is 0 Å². The van der Waals surface area contributed by atoms with E-state index in [0.29, 0.717) is 16.5 Å². The van der Waals surface area contributed by atoms with Crippen LogP contribution in [0.4, 0.5) is 11.4 Å². The molecule has 0 spiro atoms. The Bertz CT molecular complexity index is 1450. The van der Waals surface area contributed by atoms with Crippen LogP contribution < -0.4 is 20.3 Å². The van der Waals surface area contributed by atoms with Gasteiger partial charge in [0.2, 0.25) is 5.91 Å². The van der Waals surface area contributed by atoms with Crippen LogP contribution in [0.5, 0.6) is 5.75 Å². The molecule has 1 saturated heterocycles. The zero-order chi connectivity index (χ0) is 26.9. The standard InChI is InChI=1S/C29H30N6O2S/c1-29(2,3)27(36)32-21-13-12-19(17-24(21)37-4)35-26(25(33-28(35)38)22-10-5-6-15-31-22)23-11-8-16-34(23)20-9-7-14-30-18-20/h5-18,25-26H,1-4H3,(H,32,36)(H,33,38). The van der Waals surface area contributed by atoms with Crippen molar-refractivity contribution in [2.45, 2.75) is 32.9 Å². The summed E-state index contributed by atoms with van der Waals surface area (Å²) >= 11 is 5.90. The lowest BCUT2D eigenvalue weighted by molar-refractivity contribution is -0.123. The van der Waals surface area contributed by atoms with Gasteiger partial charge in [-0.05, 0) is 60.7 Å². The Morgan fingerprint density at radius 1 is 1.05 bits per heavy atom. The molecule has 8 nitrogen and oxygen atoms in total. The summed E-state index contributed by atoms with van der Waals surface area (Å²) in [6.45, 7) is 5.62. The van der Waals surface area contributed by atoms with E-state index in [-0.39, 0.29) is 18.0 Å². The molecule has 1 amide bonds. The van der Waals surface area contributed by atoms with Crippen molar-refractivity contribution in [2.24, 2.45) is 5.41 Å². The Kier molecular flexibility index (Phi) is 6.86. The van der Waals surface area contributed by atoms with Crippen LogP contribution in [0.25, 0.3) is 5.69 Å². The zero-order valence-corrected chi connectivity index (χ0v) is 22.6. The van der Waals surface area contributed by atoms with Crippen LogP contribution in [0.15, 0.2) is 85.5 Å². The molecule has 1 aliphatic heterocycles. The van der Waals surface area contributed by atoms with Gasteiger partial charge in [-0.1, -0.05) is 26.8 Å². The molecule has 0 radical (unpaired) electrons. The highest BCUT2D eigenvalue weighted by atomic mass is 32.1. The summed E-state index contributed by atoms with van der Waals surface area (Å²) in [7, 11) is 1.59. The highest BCUT2D eigenvalue weighted by Crippen LogP contribution is 2.44. The molecule has 5 rings (SSSR count). The molecule has 1 aromatic carbocycles. The van der Waals surface area contributed by atoms with Crippen LogP contribution in [0.1, 0.15) is 44.2 Å². The maximum Gasteiger partial charge on any atom is 0.229 e. The van der Waals surface area contributed by atoms with Crippen LogP contribution in [-0.4, -0.2) is 32.7 Å². The molecular weight excluding hydrogens is 496 g/mol. The van der Waals surface area contributed by atoms with E-state index >= 15 is 0 Å². The van der Waals surface area contributed by atoms with Gasteiger partial charge in [0.05, 0.1) is 36.4 Å². The number of hydrogen-bond acceptors (Lipinski definition) is 5. The number of rotatable bonds is 6. The van der Waals surface area contributed by atoms with E-state index in [1.54, 1.807) is 19.5 Å². The van der Waals surface area contributed by atoms with E-state index in [2.05, 4.69) is 36.1 Å². The fourth-order valence-corrected chi connectivity index (χ4v) is 4.89. The predicted molar refractivity (Wildman–Crippen MR) is 153 cm³/mol. The topological polar surface area (TPSA) is 84.3 Å². The number of carbonyl (C=O) groups excluding carboxylic acids is 1. The average Bonchev–Trinajstić information content (AvgIpc) is 3.53. The van der Waals surface area contributed by atoms with Crippen LogP contribution in [0.3, 0.4) is 0 Å². The summed E-state index contributed by atoms with van der Waals surface area (Å²) < 4.78 is 7.81. The monoisotopic (exact) mass is 526 g/mol. The number of nitrogens with zero attached hydrogens (tertiary/aromatic N) is 4. The Labute approximate surface area is 227 Å². The molecule has 0 aliphatic carbocycles. The first-order valence-electron chi connectivity index (χ1n) is 12.4. The Morgan fingerprint density at radius 3 is 2.58 bits per heavy atom. The lowest BCUT2D eigenvalue weighted by Gasteiger charge is -2.29. The summed E-state index contributed by atoms with van der Waals surface area (Å²) in [5.74, 6) is 0.454. The predicted octanol–water partition coefficient (Wildman–Crippen LogP) is 5.44. The molecular formula is C29H30N6O2S. The Morgan fingerprint density at radius 2 is 1.89 bits per heavy atom.